The molecule has 2 aromatic rings. The number of fused-ring (bicyclic) bond motifs is 1. The highest BCUT2D eigenvalue weighted by molar-refractivity contribution is 6.02. The number of benzene rings is 2. The number of carbonyl (C=O) groups is 1. The van der Waals surface area contributed by atoms with Crippen molar-refractivity contribution in [1.82, 2.24) is 0 Å². The molecule has 0 aliphatic heterocycles. The van der Waals surface area contributed by atoms with Crippen LogP contribution in [0.1, 0.15) is 53.9 Å². The summed E-state index contributed by atoms with van der Waals surface area (Å²) >= 11 is 0. The third-order valence-electron chi connectivity index (χ3n) is 5.92. The number of rotatable bonds is 3. The first kappa shape index (κ1) is 13.8. The van der Waals surface area contributed by atoms with E-state index >= 15 is 0 Å². The Morgan fingerprint density at radius 1 is 0.909 bits per heavy atom. The Balaban J connectivity index is 1.75. The van der Waals surface area contributed by atoms with Crippen molar-refractivity contribution in [3.63, 3.8) is 0 Å². The summed E-state index contributed by atoms with van der Waals surface area (Å²) in [5, 5.41) is 0. The number of hydrogen-bond acceptors (Lipinski definition) is 1. The Morgan fingerprint density at radius 2 is 1.59 bits per heavy atom. The van der Waals surface area contributed by atoms with Gasteiger partial charge in [-0.05, 0) is 36.7 Å². The normalized spacial score (nSPS) is 30.2. The van der Waals surface area contributed by atoms with Gasteiger partial charge in [-0.1, -0.05) is 73.5 Å². The van der Waals surface area contributed by atoms with Crippen LogP contribution in [0.25, 0.3) is 0 Å². The Morgan fingerprint density at radius 3 is 2.27 bits per heavy atom. The smallest absolute Gasteiger partial charge is 0.169 e. The number of hydrogen-bond donors (Lipinski definition) is 0. The highest BCUT2D eigenvalue weighted by Crippen LogP contribution is 2.64. The first-order valence-electron chi connectivity index (χ1n) is 8.47. The van der Waals surface area contributed by atoms with Crippen LogP contribution in [0.15, 0.2) is 60.7 Å². The monoisotopic (exact) mass is 290 g/mol. The minimum absolute atomic E-state index is 0.138. The molecule has 2 aliphatic carbocycles. The van der Waals surface area contributed by atoms with Crippen LogP contribution in [-0.2, 0) is 0 Å². The quantitative estimate of drug-likeness (QED) is 0.707. The summed E-state index contributed by atoms with van der Waals surface area (Å²) in [5.41, 5.74) is 2.11. The molecule has 0 bridgehead atoms. The molecule has 3 atom stereocenters. The van der Waals surface area contributed by atoms with Crippen LogP contribution in [0, 0.1) is 11.3 Å². The maximum absolute atomic E-state index is 13.4. The molecule has 112 valence electrons. The molecule has 1 nitrogen and oxygen atoms in total. The summed E-state index contributed by atoms with van der Waals surface area (Å²) in [6.07, 6.45) is 5.95. The lowest BCUT2D eigenvalue weighted by atomic mass is 9.44. The van der Waals surface area contributed by atoms with Gasteiger partial charge in [0.2, 0.25) is 0 Å². The highest BCUT2D eigenvalue weighted by atomic mass is 16.1. The average molecular weight is 290 g/mol. The lowest BCUT2D eigenvalue weighted by Crippen LogP contribution is -2.54. The van der Waals surface area contributed by atoms with E-state index < -0.39 is 0 Å². The second kappa shape index (κ2) is 5.39. The van der Waals surface area contributed by atoms with Crippen LogP contribution in [0.2, 0.25) is 0 Å². The van der Waals surface area contributed by atoms with Crippen LogP contribution in [0.4, 0.5) is 0 Å². The lowest BCUT2D eigenvalue weighted by molar-refractivity contribution is -0.0212. The fourth-order valence-corrected chi connectivity index (χ4v) is 4.83. The van der Waals surface area contributed by atoms with Gasteiger partial charge in [0.05, 0.1) is 0 Å². The molecular formula is C21H22O. The zero-order chi connectivity index (χ0) is 15.0. The molecule has 0 saturated heterocycles. The molecule has 0 heterocycles. The summed E-state index contributed by atoms with van der Waals surface area (Å²) in [4.78, 5) is 13.4. The first-order chi connectivity index (χ1) is 10.8. The van der Waals surface area contributed by atoms with Gasteiger partial charge in [0, 0.05) is 11.0 Å². The van der Waals surface area contributed by atoms with Gasteiger partial charge < -0.3 is 0 Å². The fraction of sp³-hybridized carbons (Fsp3) is 0.381. The van der Waals surface area contributed by atoms with Crippen molar-refractivity contribution in [2.75, 3.05) is 0 Å². The van der Waals surface area contributed by atoms with Gasteiger partial charge in [0.25, 0.3) is 0 Å². The average Bonchev–Trinajstić information content (AvgIpc) is 2.57. The molecular weight excluding hydrogens is 268 g/mol. The summed E-state index contributed by atoms with van der Waals surface area (Å²) in [7, 11) is 0. The van der Waals surface area contributed by atoms with Crippen LogP contribution in [-0.4, -0.2) is 5.78 Å². The van der Waals surface area contributed by atoms with Gasteiger partial charge in [-0.3, -0.25) is 4.79 Å². The molecule has 22 heavy (non-hydrogen) atoms. The molecule has 0 N–H and O–H groups in total. The number of carbonyl (C=O) groups excluding carboxylic acids is 1. The van der Waals surface area contributed by atoms with E-state index in [2.05, 4.69) is 30.3 Å². The van der Waals surface area contributed by atoms with Crippen molar-refractivity contribution in [3.05, 3.63) is 71.8 Å². The third kappa shape index (κ3) is 1.95. The summed E-state index contributed by atoms with van der Waals surface area (Å²) in [6, 6.07) is 20.6. The maximum Gasteiger partial charge on any atom is 0.169 e. The summed E-state index contributed by atoms with van der Waals surface area (Å²) < 4.78 is 0. The van der Waals surface area contributed by atoms with Gasteiger partial charge in [0.15, 0.2) is 5.78 Å². The molecule has 4 rings (SSSR count). The highest BCUT2D eigenvalue weighted by Gasteiger charge is 2.60. The van der Waals surface area contributed by atoms with Crippen molar-refractivity contribution in [3.8, 4) is 0 Å². The third-order valence-corrected chi connectivity index (χ3v) is 5.92. The van der Waals surface area contributed by atoms with E-state index in [1.165, 1.54) is 31.2 Å². The molecule has 0 radical (unpaired) electrons. The molecule has 0 spiro atoms. The number of Topliss-reactive ketones (excluding diaryl/α,β-unsaturated/α-hetero) is 1. The molecule has 0 unspecified atom stereocenters. The molecule has 0 amide bonds. The van der Waals surface area contributed by atoms with Crippen molar-refractivity contribution in [1.29, 1.82) is 0 Å². The molecule has 2 aromatic carbocycles. The fourth-order valence-electron chi connectivity index (χ4n) is 4.83. The standard InChI is InChI=1S/C21H22O/c22-20(17-11-5-2-6-12-17)21-14-8-7-13-18(21)15-19(21)16-9-3-1-4-10-16/h1-6,9-12,18-19H,7-8,13-15H2/t18-,19-,21-/m0/s1. The maximum atomic E-state index is 13.4. The Bertz CT molecular complexity index is 661. The van der Waals surface area contributed by atoms with E-state index in [0.29, 0.717) is 17.6 Å². The van der Waals surface area contributed by atoms with Gasteiger partial charge in [-0.25, -0.2) is 0 Å². The Labute approximate surface area is 132 Å². The van der Waals surface area contributed by atoms with E-state index in [-0.39, 0.29) is 5.41 Å². The van der Waals surface area contributed by atoms with Crippen molar-refractivity contribution < 1.29 is 4.79 Å². The van der Waals surface area contributed by atoms with Gasteiger partial charge >= 0.3 is 0 Å². The molecule has 2 aliphatic rings. The second-order valence-corrected chi connectivity index (χ2v) is 6.88. The number of ketones is 1. The second-order valence-electron chi connectivity index (χ2n) is 6.88. The van der Waals surface area contributed by atoms with Crippen molar-refractivity contribution in [2.24, 2.45) is 11.3 Å². The first-order valence-corrected chi connectivity index (χ1v) is 8.47. The van der Waals surface area contributed by atoms with Gasteiger partial charge in [0.1, 0.15) is 0 Å². The molecule has 0 aromatic heterocycles. The predicted molar refractivity (Wildman–Crippen MR) is 89.0 cm³/mol. The minimum atomic E-state index is -0.138. The molecule has 2 fully saturated rings. The van der Waals surface area contributed by atoms with E-state index in [4.69, 9.17) is 0 Å². The molecule has 1 heteroatoms. The largest absolute Gasteiger partial charge is 0.294 e. The van der Waals surface area contributed by atoms with E-state index in [9.17, 15) is 4.79 Å². The van der Waals surface area contributed by atoms with Crippen LogP contribution in [0.5, 0.6) is 0 Å². The van der Waals surface area contributed by atoms with Crippen molar-refractivity contribution >= 4 is 5.78 Å². The van der Waals surface area contributed by atoms with E-state index in [1.807, 2.05) is 30.3 Å². The van der Waals surface area contributed by atoms with Gasteiger partial charge in [-0.15, -0.1) is 0 Å². The molecule has 2 saturated carbocycles. The zero-order valence-electron chi connectivity index (χ0n) is 12.9. The van der Waals surface area contributed by atoms with E-state index in [1.54, 1.807) is 0 Å². The van der Waals surface area contributed by atoms with E-state index in [0.717, 1.165) is 12.0 Å². The summed E-state index contributed by atoms with van der Waals surface area (Å²) in [5.74, 6) is 1.38. The van der Waals surface area contributed by atoms with Crippen LogP contribution < -0.4 is 0 Å². The van der Waals surface area contributed by atoms with Crippen LogP contribution in [0.3, 0.4) is 0 Å². The predicted octanol–water partition coefficient (Wildman–Crippen LogP) is 5.23. The van der Waals surface area contributed by atoms with Crippen molar-refractivity contribution in [2.45, 2.75) is 38.0 Å². The zero-order valence-corrected chi connectivity index (χ0v) is 12.9. The lowest BCUT2D eigenvalue weighted by Gasteiger charge is -2.58. The van der Waals surface area contributed by atoms with Gasteiger partial charge in [-0.2, -0.15) is 0 Å². The minimum Gasteiger partial charge on any atom is -0.294 e. The Hall–Kier alpha value is -1.89. The topological polar surface area (TPSA) is 17.1 Å². The summed E-state index contributed by atoms with van der Waals surface area (Å²) in [6.45, 7) is 0. The Kier molecular flexibility index (Phi) is 3.37. The SMILES string of the molecule is O=C(c1ccccc1)[C@@]12CCCC[C@H]1C[C@H]2c1ccccc1. The van der Waals surface area contributed by atoms with Crippen LogP contribution >= 0.6 is 0 Å².